The van der Waals surface area contributed by atoms with Crippen molar-refractivity contribution in [3.05, 3.63) is 62.0 Å². The van der Waals surface area contributed by atoms with Crippen molar-refractivity contribution in [2.45, 2.75) is 13.8 Å². The number of nitrogens with one attached hydrogen (secondary N) is 2. The molecule has 0 aliphatic rings. The maximum Gasteiger partial charge on any atom is 0.261 e. The molecule has 0 unspecified atom stereocenters. The number of halogens is 1. The molecule has 2 aromatic rings. The molecule has 4 nitrogen and oxygen atoms in total. The first-order chi connectivity index (χ1) is 8.97. The van der Waals surface area contributed by atoms with Crippen molar-refractivity contribution < 1.29 is 4.79 Å². The zero-order valence-corrected chi connectivity index (χ0v) is 12.2. The van der Waals surface area contributed by atoms with Crippen LogP contribution in [0.1, 0.15) is 21.6 Å². The van der Waals surface area contributed by atoms with E-state index >= 15 is 0 Å². The van der Waals surface area contributed by atoms with Crippen LogP contribution in [0.5, 0.6) is 0 Å². The topological polar surface area (TPSA) is 62.0 Å². The molecule has 5 heteroatoms. The lowest BCUT2D eigenvalue weighted by molar-refractivity contribution is 0.102. The first kappa shape index (κ1) is 13.5. The fourth-order valence-electron chi connectivity index (χ4n) is 1.67. The number of aryl methyl sites for hydroxylation is 2. The summed E-state index contributed by atoms with van der Waals surface area (Å²) in [5, 5.41) is 2.71. The number of anilines is 1. The van der Waals surface area contributed by atoms with E-state index in [0.717, 1.165) is 15.7 Å². The Labute approximate surface area is 119 Å². The van der Waals surface area contributed by atoms with E-state index in [0.29, 0.717) is 5.69 Å². The summed E-state index contributed by atoms with van der Waals surface area (Å²) in [7, 11) is 0. The van der Waals surface area contributed by atoms with Gasteiger partial charge in [-0.05, 0) is 37.6 Å². The summed E-state index contributed by atoms with van der Waals surface area (Å²) in [6, 6.07) is 6.87. The van der Waals surface area contributed by atoms with Gasteiger partial charge in [-0.2, -0.15) is 0 Å². The summed E-state index contributed by atoms with van der Waals surface area (Å²) in [4.78, 5) is 26.6. The van der Waals surface area contributed by atoms with Crippen LogP contribution in [0.3, 0.4) is 0 Å². The summed E-state index contributed by atoms with van der Waals surface area (Å²) in [6.07, 6.45) is 1.43. The molecule has 2 N–H and O–H groups in total. The number of hydrogen-bond acceptors (Lipinski definition) is 2. The Hall–Kier alpha value is -1.88. The smallest absolute Gasteiger partial charge is 0.261 e. The first-order valence-corrected chi connectivity index (χ1v) is 6.53. The van der Waals surface area contributed by atoms with Crippen LogP contribution < -0.4 is 10.7 Å². The van der Waals surface area contributed by atoms with Gasteiger partial charge < -0.3 is 10.3 Å². The minimum atomic E-state index is -0.414. The number of aromatic amines is 1. The Morgan fingerprint density at radius 1 is 1.26 bits per heavy atom. The molecule has 0 aliphatic carbocycles. The normalized spacial score (nSPS) is 10.3. The average Bonchev–Trinajstić information content (AvgIpc) is 2.33. The van der Waals surface area contributed by atoms with E-state index in [1.54, 1.807) is 13.0 Å². The highest BCUT2D eigenvalue weighted by molar-refractivity contribution is 9.10. The van der Waals surface area contributed by atoms with Gasteiger partial charge >= 0.3 is 0 Å². The molecule has 2 rings (SSSR count). The largest absolute Gasteiger partial charge is 0.364 e. The molecule has 1 aromatic carbocycles. The summed E-state index contributed by atoms with van der Waals surface area (Å²) < 4.78 is 0.971. The molecule has 0 saturated heterocycles. The van der Waals surface area contributed by atoms with Crippen molar-refractivity contribution in [3.8, 4) is 0 Å². The zero-order valence-electron chi connectivity index (χ0n) is 10.6. The van der Waals surface area contributed by atoms with Gasteiger partial charge in [0, 0.05) is 28.1 Å². The predicted molar refractivity (Wildman–Crippen MR) is 78.6 cm³/mol. The molecule has 0 spiro atoms. The van der Waals surface area contributed by atoms with Crippen molar-refractivity contribution in [2.75, 3.05) is 5.32 Å². The number of aromatic nitrogens is 1. The highest BCUT2D eigenvalue weighted by Crippen LogP contribution is 2.20. The van der Waals surface area contributed by atoms with Gasteiger partial charge in [0.1, 0.15) is 5.56 Å². The van der Waals surface area contributed by atoms with E-state index in [1.807, 2.05) is 19.1 Å². The van der Waals surface area contributed by atoms with Gasteiger partial charge in [0.05, 0.1) is 0 Å². The van der Waals surface area contributed by atoms with E-state index in [9.17, 15) is 9.59 Å². The van der Waals surface area contributed by atoms with Gasteiger partial charge in [-0.3, -0.25) is 9.59 Å². The second-order valence-corrected chi connectivity index (χ2v) is 5.17. The van der Waals surface area contributed by atoms with Crippen LogP contribution in [0.4, 0.5) is 5.69 Å². The van der Waals surface area contributed by atoms with E-state index < -0.39 is 5.91 Å². The Kier molecular flexibility index (Phi) is 3.85. The number of benzene rings is 1. The van der Waals surface area contributed by atoms with Crippen LogP contribution in [-0.4, -0.2) is 10.9 Å². The third kappa shape index (κ3) is 3.12. The quantitative estimate of drug-likeness (QED) is 0.893. The molecule has 98 valence electrons. The second-order valence-electron chi connectivity index (χ2n) is 4.31. The van der Waals surface area contributed by atoms with Gasteiger partial charge in [0.15, 0.2) is 5.43 Å². The molecule has 0 radical (unpaired) electrons. The number of carbonyl (C=O) groups excluding carboxylic acids is 1. The standard InChI is InChI=1S/C14H13BrN2O2/c1-8-5-10(3-4-12(8)15)17-14(19)11-7-16-9(2)6-13(11)18/h3-7H,1-2H3,(H,16,18)(H,17,19). The molecule has 1 aromatic heterocycles. The molecule has 0 fully saturated rings. The Morgan fingerprint density at radius 3 is 2.63 bits per heavy atom. The molecule has 1 heterocycles. The molecule has 0 bridgehead atoms. The molecule has 0 aliphatic heterocycles. The summed E-state index contributed by atoms with van der Waals surface area (Å²) in [5.41, 5.74) is 2.20. The lowest BCUT2D eigenvalue weighted by atomic mass is 10.2. The molecule has 19 heavy (non-hydrogen) atoms. The van der Waals surface area contributed by atoms with Crippen molar-refractivity contribution in [1.82, 2.24) is 4.98 Å². The summed E-state index contributed by atoms with van der Waals surface area (Å²) >= 11 is 3.39. The van der Waals surface area contributed by atoms with Crippen molar-refractivity contribution in [1.29, 1.82) is 0 Å². The molecular weight excluding hydrogens is 308 g/mol. The van der Waals surface area contributed by atoms with Gasteiger partial charge in [-0.25, -0.2) is 0 Å². The number of carbonyl (C=O) groups is 1. The highest BCUT2D eigenvalue weighted by Gasteiger charge is 2.10. The van der Waals surface area contributed by atoms with E-state index in [-0.39, 0.29) is 11.0 Å². The number of amides is 1. The van der Waals surface area contributed by atoms with E-state index in [1.165, 1.54) is 12.3 Å². The second kappa shape index (κ2) is 5.40. The molecule has 0 atom stereocenters. The van der Waals surface area contributed by atoms with E-state index in [4.69, 9.17) is 0 Å². The SMILES string of the molecule is Cc1cc(=O)c(C(=O)Nc2ccc(Br)c(C)c2)c[nH]1. The average molecular weight is 321 g/mol. The Morgan fingerprint density at radius 2 is 2.00 bits per heavy atom. The van der Waals surface area contributed by atoms with Gasteiger partial charge in [0.25, 0.3) is 5.91 Å². The minimum absolute atomic E-state index is 0.103. The Bertz CT molecular complexity index is 692. The molecular formula is C14H13BrN2O2. The Balaban J connectivity index is 2.25. The van der Waals surface area contributed by atoms with Crippen LogP contribution in [0.2, 0.25) is 0 Å². The summed E-state index contributed by atoms with van der Waals surface area (Å²) in [5.74, 6) is -0.414. The zero-order chi connectivity index (χ0) is 14.0. The first-order valence-electron chi connectivity index (χ1n) is 5.74. The maximum atomic E-state index is 12.0. The highest BCUT2D eigenvalue weighted by atomic mass is 79.9. The maximum absolute atomic E-state index is 12.0. The van der Waals surface area contributed by atoms with Crippen LogP contribution >= 0.6 is 15.9 Å². The van der Waals surface area contributed by atoms with Crippen LogP contribution in [-0.2, 0) is 0 Å². The number of hydrogen-bond donors (Lipinski definition) is 2. The van der Waals surface area contributed by atoms with E-state index in [2.05, 4.69) is 26.2 Å². The third-order valence-electron chi connectivity index (χ3n) is 2.72. The number of pyridine rings is 1. The fraction of sp³-hybridized carbons (Fsp3) is 0.143. The predicted octanol–water partition coefficient (Wildman–Crippen LogP) is 3.01. The summed E-state index contributed by atoms with van der Waals surface area (Å²) in [6.45, 7) is 3.69. The molecule has 1 amide bonds. The monoisotopic (exact) mass is 320 g/mol. The lowest BCUT2D eigenvalue weighted by Gasteiger charge is -2.07. The van der Waals surface area contributed by atoms with Gasteiger partial charge in [0.2, 0.25) is 0 Å². The van der Waals surface area contributed by atoms with Gasteiger partial charge in [-0.15, -0.1) is 0 Å². The van der Waals surface area contributed by atoms with Crippen LogP contribution in [0.25, 0.3) is 0 Å². The minimum Gasteiger partial charge on any atom is -0.364 e. The van der Waals surface area contributed by atoms with Crippen LogP contribution in [0.15, 0.2) is 39.7 Å². The van der Waals surface area contributed by atoms with Crippen LogP contribution in [0, 0.1) is 13.8 Å². The third-order valence-corrected chi connectivity index (χ3v) is 3.61. The fourth-order valence-corrected chi connectivity index (χ4v) is 1.92. The lowest BCUT2D eigenvalue weighted by Crippen LogP contribution is -2.21. The van der Waals surface area contributed by atoms with Crippen molar-refractivity contribution in [2.24, 2.45) is 0 Å². The molecule has 0 saturated carbocycles. The van der Waals surface area contributed by atoms with Gasteiger partial charge in [-0.1, -0.05) is 15.9 Å². The number of H-pyrrole nitrogens is 1. The van der Waals surface area contributed by atoms with Crippen molar-refractivity contribution >= 4 is 27.5 Å². The van der Waals surface area contributed by atoms with Crippen molar-refractivity contribution in [3.63, 3.8) is 0 Å². The number of rotatable bonds is 2.